The van der Waals surface area contributed by atoms with Crippen LogP contribution in [0.5, 0.6) is 5.75 Å². The van der Waals surface area contributed by atoms with Gasteiger partial charge in [0, 0.05) is 5.56 Å². The van der Waals surface area contributed by atoms with Gasteiger partial charge in [-0.25, -0.2) is 0 Å². The van der Waals surface area contributed by atoms with E-state index >= 15 is 0 Å². The first kappa shape index (κ1) is 17.5. The monoisotopic (exact) mass is 344 g/mol. The minimum atomic E-state index is -0.116. The molecule has 130 valence electrons. The van der Waals surface area contributed by atoms with Crippen molar-refractivity contribution in [2.24, 2.45) is 0 Å². The summed E-state index contributed by atoms with van der Waals surface area (Å²) >= 11 is 0. The largest absolute Gasteiger partial charge is 0.488 e. The van der Waals surface area contributed by atoms with Crippen molar-refractivity contribution in [1.29, 1.82) is 0 Å². The van der Waals surface area contributed by atoms with Crippen molar-refractivity contribution < 1.29 is 13.9 Å². The number of furan rings is 1. The van der Waals surface area contributed by atoms with Gasteiger partial charge in [0.2, 0.25) is 0 Å². The normalized spacial score (nSPS) is 11.3. The molecule has 1 heterocycles. The first-order valence-electron chi connectivity index (χ1n) is 8.42. The fraction of sp³-hybridized carbons (Fsp3) is 0.0870. The number of ether oxygens (including phenoxy) is 1. The highest BCUT2D eigenvalue weighted by molar-refractivity contribution is 6.04. The quantitative estimate of drug-likeness (QED) is 0.534. The number of ketones is 1. The first-order chi connectivity index (χ1) is 12.7. The molecule has 26 heavy (non-hydrogen) atoms. The lowest BCUT2D eigenvalue weighted by Crippen LogP contribution is -1.97. The van der Waals surface area contributed by atoms with Crippen molar-refractivity contribution in [2.75, 3.05) is 0 Å². The summed E-state index contributed by atoms with van der Waals surface area (Å²) < 4.78 is 11.1. The van der Waals surface area contributed by atoms with Gasteiger partial charge in [-0.3, -0.25) is 4.79 Å². The molecule has 0 saturated carbocycles. The van der Waals surface area contributed by atoms with Crippen LogP contribution in [0.4, 0.5) is 0 Å². The van der Waals surface area contributed by atoms with Gasteiger partial charge in [-0.05, 0) is 55.0 Å². The van der Waals surface area contributed by atoms with Gasteiger partial charge in [0.05, 0.1) is 6.26 Å². The summed E-state index contributed by atoms with van der Waals surface area (Å²) in [6.07, 6.45) is 7.98. The third-order valence-corrected chi connectivity index (χ3v) is 3.82. The van der Waals surface area contributed by atoms with Gasteiger partial charge in [0.1, 0.15) is 18.1 Å². The number of rotatable bonds is 7. The number of hydrogen-bond acceptors (Lipinski definition) is 3. The van der Waals surface area contributed by atoms with Gasteiger partial charge in [0.25, 0.3) is 0 Å². The molecule has 1 aromatic heterocycles. The average Bonchev–Trinajstić information content (AvgIpc) is 3.18. The van der Waals surface area contributed by atoms with Crippen molar-refractivity contribution in [1.82, 2.24) is 0 Å². The van der Waals surface area contributed by atoms with E-state index in [1.165, 1.54) is 17.7 Å². The average molecular weight is 344 g/mol. The highest BCUT2D eigenvalue weighted by Gasteiger charge is 2.01. The molecule has 0 N–H and O–H groups in total. The number of carbonyl (C=O) groups is 1. The van der Waals surface area contributed by atoms with Crippen LogP contribution < -0.4 is 4.74 Å². The van der Waals surface area contributed by atoms with Crippen LogP contribution >= 0.6 is 0 Å². The Bertz CT molecular complexity index is 901. The zero-order chi connectivity index (χ0) is 18.2. The number of aryl methyl sites for hydroxylation is 1. The SMILES string of the molecule is Cc1ccc(COc2ccccc2/C=C/C(=O)/C=C/c2ccco2)cc1. The van der Waals surface area contributed by atoms with Gasteiger partial charge in [-0.15, -0.1) is 0 Å². The Labute approximate surface area is 153 Å². The van der Waals surface area contributed by atoms with Gasteiger partial charge < -0.3 is 9.15 Å². The molecule has 0 aliphatic carbocycles. The molecule has 0 bridgehead atoms. The predicted molar refractivity (Wildman–Crippen MR) is 104 cm³/mol. The number of allylic oxidation sites excluding steroid dienone is 2. The fourth-order valence-corrected chi connectivity index (χ4v) is 2.37. The van der Waals surface area contributed by atoms with Crippen molar-refractivity contribution in [3.63, 3.8) is 0 Å². The predicted octanol–water partition coefficient (Wildman–Crippen LogP) is 5.46. The Morgan fingerprint density at radius 1 is 0.962 bits per heavy atom. The summed E-state index contributed by atoms with van der Waals surface area (Å²) in [6.45, 7) is 2.54. The fourth-order valence-electron chi connectivity index (χ4n) is 2.37. The summed E-state index contributed by atoms with van der Waals surface area (Å²) in [5, 5.41) is 0. The van der Waals surface area contributed by atoms with E-state index in [1.54, 1.807) is 30.5 Å². The lowest BCUT2D eigenvalue weighted by Gasteiger charge is -2.09. The second-order valence-electron chi connectivity index (χ2n) is 5.90. The maximum Gasteiger partial charge on any atom is 0.178 e. The second-order valence-corrected chi connectivity index (χ2v) is 5.90. The Morgan fingerprint density at radius 2 is 1.73 bits per heavy atom. The van der Waals surface area contributed by atoms with E-state index in [0.717, 1.165) is 16.9 Å². The lowest BCUT2D eigenvalue weighted by atomic mass is 10.1. The molecule has 2 aromatic carbocycles. The van der Waals surface area contributed by atoms with Crippen LogP contribution in [0.15, 0.2) is 83.5 Å². The van der Waals surface area contributed by atoms with Crippen molar-refractivity contribution in [3.8, 4) is 5.75 Å². The van der Waals surface area contributed by atoms with Crippen LogP contribution in [-0.4, -0.2) is 5.78 Å². The third kappa shape index (κ3) is 5.08. The molecule has 0 unspecified atom stereocenters. The summed E-state index contributed by atoms with van der Waals surface area (Å²) in [7, 11) is 0. The highest BCUT2D eigenvalue weighted by atomic mass is 16.5. The topological polar surface area (TPSA) is 39.4 Å². The first-order valence-corrected chi connectivity index (χ1v) is 8.42. The third-order valence-electron chi connectivity index (χ3n) is 3.82. The standard InChI is InChI=1S/C23H20O3/c1-18-8-10-19(11-9-18)17-26-23-7-3-2-5-20(23)12-13-21(24)14-15-22-6-4-16-25-22/h2-16H,17H2,1H3/b13-12+,15-14+. The maximum absolute atomic E-state index is 12.0. The van der Waals surface area contributed by atoms with Crippen LogP contribution in [0.25, 0.3) is 12.2 Å². The Morgan fingerprint density at radius 3 is 2.50 bits per heavy atom. The molecule has 3 rings (SSSR count). The number of carbonyl (C=O) groups excluding carboxylic acids is 1. The molecule has 0 radical (unpaired) electrons. The van der Waals surface area contributed by atoms with Crippen molar-refractivity contribution in [2.45, 2.75) is 13.5 Å². The Hall–Kier alpha value is -3.33. The Kier molecular flexibility index (Phi) is 5.84. The van der Waals surface area contributed by atoms with Crippen molar-refractivity contribution >= 4 is 17.9 Å². The van der Waals surface area contributed by atoms with E-state index in [0.29, 0.717) is 12.4 Å². The molecule has 3 nitrogen and oxygen atoms in total. The highest BCUT2D eigenvalue weighted by Crippen LogP contribution is 2.21. The minimum Gasteiger partial charge on any atom is -0.488 e. The van der Waals surface area contributed by atoms with Crippen LogP contribution in [0.3, 0.4) is 0 Å². The van der Waals surface area contributed by atoms with Crippen LogP contribution in [0.1, 0.15) is 22.5 Å². The van der Waals surface area contributed by atoms with E-state index in [1.807, 2.05) is 24.3 Å². The van der Waals surface area contributed by atoms with Gasteiger partial charge in [-0.1, -0.05) is 48.0 Å². The van der Waals surface area contributed by atoms with Crippen LogP contribution in [0, 0.1) is 6.92 Å². The van der Waals surface area contributed by atoms with E-state index in [4.69, 9.17) is 9.15 Å². The van der Waals surface area contributed by atoms with Gasteiger partial charge in [-0.2, -0.15) is 0 Å². The van der Waals surface area contributed by atoms with Gasteiger partial charge >= 0.3 is 0 Å². The lowest BCUT2D eigenvalue weighted by molar-refractivity contribution is -0.110. The molecule has 0 fully saturated rings. The van der Waals surface area contributed by atoms with E-state index in [9.17, 15) is 4.79 Å². The van der Waals surface area contributed by atoms with E-state index in [2.05, 4.69) is 31.2 Å². The summed E-state index contributed by atoms with van der Waals surface area (Å²) in [6, 6.07) is 19.5. The molecule has 0 saturated heterocycles. The van der Waals surface area contributed by atoms with Crippen molar-refractivity contribution in [3.05, 3.63) is 102 Å². The summed E-state index contributed by atoms with van der Waals surface area (Å²) in [5.74, 6) is 1.27. The molecule has 3 aromatic rings. The zero-order valence-corrected chi connectivity index (χ0v) is 14.6. The number of hydrogen-bond donors (Lipinski definition) is 0. The molecule has 0 aliphatic heterocycles. The molecule has 0 aliphatic rings. The zero-order valence-electron chi connectivity index (χ0n) is 14.6. The smallest absolute Gasteiger partial charge is 0.178 e. The molecule has 3 heteroatoms. The number of para-hydroxylation sites is 1. The minimum absolute atomic E-state index is 0.116. The molecule has 0 spiro atoms. The summed E-state index contributed by atoms with van der Waals surface area (Å²) in [4.78, 5) is 12.0. The Balaban J connectivity index is 1.64. The van der Waals surface area contributed by atoms with E-state index in [-0.39, 0.29) is 5.78 Å². The van der Waals surface area contributed by atoms with E-state index < -0.39 is 0 Å². The number of benzene rings is 2. The molecular weight excluding hydrogens is 324 g/mol. The molecule has 0 atom stereocenters. The van der Waals surface area contributed by atoms with Crippen LogP contribution in [0.2, 0.25) is 0 Å². The molecule has 0 amide bonds. The maximum atomic E-state index is 12.0. The second kappa shape index (κ2) is 8.67. The molecular formula is C23H20O3. The van der Waals surface area contributed by atoms with Gasteiger partial charge in [0.15, 0.2) is 5.78 Å². The summed E-state index contributed by atoms with van der Waals surface area (Å²) in [5.41, 5.74) is 3.18. The van der Waals surface area contributed by atoms with Crippen LogP contribution in [-0.2, 0) is 11.4 Å².